The van der Waals surface area contributed by atoms with Gasteiger partial charge in [-0.2, -0.15) is 0 Å². The van der Waals surface area contributed by atoms with E-state index in [2.05, 4.69) is 15.0 Å². The number of fused-ring (bicyclic) bond motifs is 1. The number of thiazole rings is 1. The van der Waals surface area contributed by atoms with Crippen molar-refractivity contribution in [1.82, 2.24) is 14.1 Å². The van der Waals surface area contributed by atoms with E-state index in [1.807, 2.05) is 12.1 Å². The van der Waals surface area contributed by atoms with Crippen molar-refractivity contribution in [2.75, 3.05) is 12.4 Å². The summed E-state index contributed by atoms with van der Waals surface area (Å²) in [5.74, 6) is -0.919. The number of carbonyl (C=O) groups is 2. The fourth-order valence-corrected chi connectivity index (χ4v) is 3.10. The Morgan fingerprint density at radius 3 is 2.71 bits per heavy atom. The largest absolute Gasteiger partial charge is 0.465 e. The molecule has 9 heteroatoms. The van der Waals surface area contributed by atoms with Crippen molar-refractivity contribution < 1.29 is 14.3 Å². The van der Waals surface area contributed by atoms with Crippen molar-refractivity contribution in [3.63, 3.8) is 0 Å². The maximum absolute atomic E-state index is 12.3. The standard InChI is InChI=1S/C15H14N4O4S/c1-18-9-5-3-4-6-10(9)19(15(18)22)8-12(20)17-14-16-7-11(24-14)13(21)23-2/h3-7H,8H2,1-2H3,(H,16,17,20). The molecule has 1 amide bonds. The van der Waals surface area contributed by atoms with Gasteiger partial charge in [-0.15, -0.1) is 0 Å². The number of esters is 1. The molecule has 3 aromatic rings. The number of nitrogens with one attached hydrogen (secondary N) is 1. The number of imidazole rings is 1. The van der Waals surface area contributed by atoms with Crippen LogP contribution in [-0.2, 0) is 23.1 Å². The zero-order valence-electron chi connectivity index (χ0n) is 13.0. The van der Waals surface area contributed by atoms with Crippen LogP contribution in [0.3, 0.4) is 0 Å². The third kappa shape index (κ3) is 2.81. The zero-order valence-corrected chi connectivity index (χ0v) is 13.8. The lowest BCUT2D eigenvalue weighted by Crippen LogP contribution is -2.28. The summed E-state index contributed by atoms with van der Waals surface area (Å²) >= 11 is 1.01. The predicted molar refractivity (Wildman–Crippen MR) is 89.3 cm³/mol. The fraction of sp³-hybridized carbons (Fsp3) is 0.200. The first kappa shape index (κ1) is 15.9. The number of rotatable bonds is 4. The Bertz CT molecular complexity index is 985. The Labute approximate surface area is 140 Å². The van der Waals surface area contributed by atoms with Gasteiger partial charge in [-0.3, -0.25) is 13.9 Å². The van der Waals surface area contributed by atoms with Crippen molar-refractivity contribution >= 4 is 39.4 Å². The second kappa shape index (κ2) is 6.28. The lowest BCUT2D eigenvalue weighted by molar-refractivity contribution is -0.116. The lowest BCUT2D eigenvalue weighted by Gasteiger charge is -2.03. The van der Waals surface area contributed by atoms with E-state index in [0.717, 1.165) is 16.9 Å². The minimum Gasteiger partial charge on any atom is -0.465 e. The number of benzene rings is 1. The summed E-state index contributed by atoms with van der Waals surface area (Å²) in [5, 5.41) is 2.85. The molecule has 0 saturated carbocycles. The van der Waals surface area contributed by atoms with Gasteiger partial charge < -0.3 is 10.1 Å². The number of anilines is 1. The van der Waals surface area contributed by atoms with Crippen LogP contribution in [0.2, 0.25) is 0 Å². The summed E-state index contributed by atoms with van der Waals surface area (Å²) in [5.41, 5.74) is 1.15. The average Bonchev–Trinajstić information content (AvgIpc) is 3.14. The van der Waals surface area contributed by atoms with Crippen LogP contribution in [0.15, 0.2) is 35.3 Å². The van der Waals surface area contributed by atoms with Crippen molar-refractivity contribution in [2.24, 2.45) is 7.05 Å². The Morgan fingerprint density at radius 2 is 2.00 bits per heavy atom. The molecule has 0 radical (unpaired) electrons. The van der Waals surface area contributed by atoms with Gasteiger partial charge in [0.15, 0.2) is 5.13 Å². The van der Waals surface area contributed by atoms with Crippen molar-refractivity contribution in [3.05, 3.63) is 45.8 Å². The maximum Gasteiger partial charge on any atom is 0.349 e. The van der Waals surface area contributed by atoms with Gasteiger partial charge >= 0.3 is 11.7 Å². The van der Waals surface area contributed by atoms with E-state index >= 15 is 0 Å². The van der Waals surface area contributed by atoms with Crippen molar-refractivity contribution in [3.8, 4) is 0 Å². The van der Waals surface area contributed by atoms with Crippen LogP contribution in [0.1, 0.15) is 9.67 Å². The van der Waals surface area contributed by atoms with Crippen LogP contribution in [0, 0.1) is 0 Å². The monoisotopic (exact) mass is 346 g/mol. The smallest absolute Gasteiger partial charge is 0.349 e. The van der Waals surface area contributed by atoms with Gasteiger partial charge in [0.25, 0.3) is 0 Å². The normalized spacial score (nSPS) is 10.8. The molecule has 0 aliphatic rings. The first-order valence-electron chi connectivity index (χ1n) is 6.99. The molecule has 2 aromatic heterocycles. The molecule has 0 fully saturated rings. The summed E-state index contributed by atoms with van der Waals surface area (Å²) in [4.78, 5) is 40.1. The third-order valence-electron chi connectivity index (χ3n) is 3.49. The van der Waals surface area contributed by atoms with Crippen LogP contribution < -0.4 is 11.0 Å². The molecule has 1 N–H and O–H groups in total. The van der Waals surface area contributed by atoms with Crippen LogP contribution in [0.5, 0.6) is 0 Å². The molecule has 1 aromatic carbocycles. The summed E-state index contributed by atoms with van der Waals surface area (Å²) in [6, 6.07) is 7.23. The van der Waals surface area contributed by atoms with E-state index < -0.39 is 11.9 Å². The van der Waals surface area contributed by atoms with E-state index in [9.17, 15) is 14.4 Å². The molecule has 0 saturated heterocycles. The highest BCUT2D eigenvalue weighted by atomic mass is 32.1. The van der Waals surface area contributed by atoms with Crippen LogP contribution in [0.25, 0.3) is 11.0 Å². The molecule has 24 heavy (non-hydrogen) atoms. The Hall–Kier alpha value is -2.94. The Morgan fingerprint density at radius 1 is 1.29 bits per heavy atom. The Balaban J connectivity index is 1.81. The number of nitrogens with zero attached hydrogens (tertiary/aromatic N) is 3. The minimum atomic E-state index is -0.515. The second-order valence-corrected chi connectivity index (χ2v) is 6.02. The molecule has 2 heterocycles. The molecule has 8 nitrogen and oxygen atoms in total. The summed E-state index contributed by atoms with van der Waals surface area (Å²) < 4.78 is 7.46. The SMILES string of the molecule is COC(=O)c1cnc(NC(=O)Cn2c(=O)n(C)c3ccccc32)s1. The first-order chi connectivity index (χ1) is 11.5. The molecule has 0 aliphatic carbocycles. The van der Waals surface area contributed by atoms with Crippen LogP contribution in [-0.4, -0.2) is 33.1 Å². The van der Waals surface area contributed by atoms with Gasteiger partial charge in [-0.1, -0.05) is 23.5 Å². The van der Waals surface area contributed by atoms with Gasteiger partial charge in [-0.25, -0.2) is 14.6 Å². The number of hydrogen-bond acceptors (Lipinski definition) is 6. The number of hydrogen-bond donors (Lipinski definition) is 1. The van der Waals surface area contributed by atoms with Crippen LogP contribution >= 0.6 is 11.3 Å². The number of methoxy groups -OCH3 is 1. The van der Waals surface area contributed by atoms with Crippen molar-refractivity contribution in [2.45, 2.75) is 6.54 Å². The highest BCUT2D eigenvalue weighted by Gasteiger charge is 2.15. The summed E-state index contributed by atoms with van der Waals surface area (Å²) in [6.07, 6.45) is 1.33. The minimum absolute atomic E-state index is 0.146. The Kier molecular flexibility index (Phi) is 4.17. The van der Waals surface area contributed by atoms with Gasteiger partial charge in [0, 0.05) is 7.05 Å². The van der Waals surface area contributed by atoms with Gasteiger partial charge in [-0.05, 0) is 12.1 Å². The van der Waals surface area contributed by atoms with E-state index in [0.29, 0.717) is 5.52 Å². The van der Waals surface area contributed by atoms with Gasteiger partial charge in [0.2, 0.25) is 5.91 Å². The lowest BCUT2D eigenvalue weighted by atomic mass is 10.3. The molecular formula is C15H14N4O4S. The van der Waals surface area contributed by atoms with Crippen molar-refractivity contribution in [1.29, 1.82) is 0 Å². The summed E-state index contributed by atoms with van der Waals surface area (Å²) in [6.45, 7) is -0.146. The number of amides is 1. The molecule has 0 atom stereocenters. The second-order valence-electron chi connectivity index (χ2n) is 4.99. The number of carbonyl (C=O) groups excluding carboxylic acids is 2. The van der Waals surface area contributed by atoms with E-state index in [-0.39, 0.29) is 22.2 Å². The third-order valence-corrected chi connectivity index (χ3v) is 4.38. The molecule has 0 unspecified atom stereocenters. The topological polar surface area (TPSA) is 95.2 Å². The number of para-hydroxylation sites is 2. The summed E-state index contributed by atoms with van der Waals surface area (Å²) in [7, 11) is 2.93. The maximum atomic E-state index is 12.3. The van der Waals surface area contributed by atoms with Crippen LogP contribution in [0.4, 0.5) is 5.13 Å². The predicted octanol–water partition coefficient (Wildman–Crippen LogP) is 1.22. The highest BCUT2D eigenvalue weighted by Crippen LogP contribution is 2.19. The van der Waals surface area contributed by atoms with E-state index in [1.54, 1.807) is 19.2 Å². The first-order valence-corrected chi connectivity index (χ1v) is 7.81. The number of aryl methyl sites for hydroxylation is 1. The van der Waals surface area contributed by atoms with E-state index in [1.165, 1.54) is 22.4 Å². The van der Waals surface area contributed by atoms with E-state index in [4.69, 9.17) is 0 Å². The van der Waals surface area contributed by atoms with Gasteiger partial charge in [0.1, 0.15) is 11.4 Å². The fourth-order valence-electron chi connectivity index (χ4n) is 2.35. The highest BCUT2D eigenvalue weighted by molar-refractivity contribution is 7.17. The molecule has 124 valence electrons. The molecule has 0 bridgehead atoms. The van der Waals surface area contributed by atoms with Gasteiger partial charge in [0.05, 0.1) is 24.3 Å². The number of aromatic nitrogens is 3. The molecular weight excluding hydrogens is 332 g/mol. The molecule has 3 rings (SSSR count). The zero-order chi connectivity index (χ0) is 17.3. The molecule has 0 aliphatic heterocycles. The number of ether oxygens (including phenoxy) is 1. The average molecular weight is 346 g/mol. The molecule has 0 spiro atoms. The quantitative estimate of drug-likeness (QED) is 0.717.